The molecule has 6 rings (SSSR count). The van der Waals surface area contributed by atoms with Gasteiger partial charge in [0.05, 0.1) is 11.1 Å². The van der Waals surface area contributed by atoms with Crippen LogP contribution in [0.5, 0.6) is 0 Å². The van der Waals surface area contributed by atoms with E-state index in [4.69, 9.17) is 4.98 Å². The minimum absolute atomic E-state index is 0. The van der Waals surface area contributed by atoms with E-state index < -0.39 is 10.0 Å². The molecule has 0 radical (unpaired) electrons. The van der Waals surface area contributed by atoms with Gasteiger partial charge in [-0.2, -0.15) is 9.97 Å². The number of hydrogen-bond acceptors (Lipinski definition) is 8. The lowest BCUT2D eigenvalue weighted by Gasteiger charge is -2.24. The molecule has 1 atom stereocenters. The number of urea groups is 1. The third-order valence-corrected chi connectivity index (χ3v) is 9.00. The highest BCUT2D eigenvalue weighted by atomic mass is 35.5. The summed E-state index contributed by atoms with van der Waals surface area (Å²) in [4.78, 5) is 23.8. The van der Waals surface area contributed by atoms with Gasteiger partial charge >= 0.3 is 6.03 Å². The van der Waals surface area contributed by atoms with Crippen LogP contribution in [0.25, 0.3) is 11.0 Å². The zero-order valence-electron chi connectivity index (χ0n) is 23.1. The third kappa shape index (κ3) is 6.77. The molecule has 2 aromatic heterocycles. The number of aromatic nitrogens is 3. The van der Waals surface area contributed by atoms with Gasteiger partial charge in [-0.05, 0) is 62.1 Å². The Labute approximate surface area is 251 Å². The van der Waals surface area contributed by atoms with Crippen molar-refractivity contribution in [2.24, 2.45) is 0 Å². The lowest BCUT2D eigenvalue weighted by atomic mass is 10.1. The summed E-state index contributed by atoms with van der Waals surface area (Å²) in [6.07, 6.45) is 5.60. The maximum atomic E-state index is 13.5. The zero-order chi connectivity index (χ0) is 28.2. The van der Waals surface area contributed by atoms with Crippen LogP contribution >= 0.6 is 12.4 Å². The number of carbonyl (C=O) groups excluding carboxylic acids is 1. The first-order valence-electron chi connectivity index (χ1n) is 14.0. The highest BCUT2D eigenvalue weighted by molar-refractivity contribution is 7.89. The van der Waals surface area contributed by atoms with Crippen LogP contribution in [0.2, 0.25) is 0 Å². The number of halogens is 1. The maximum absolute atomic E-state index is 13.5. The van der Waals surface area contributed by atoms with Crippen LogP contribution in [0.4, 0.5) is 27.9 Å². The number of benzene rings is 2. The molecular weight excluding hydrogens is 576 g/mol. The van der Waals surface area contributed by atoms with Gasteiger partial charge in [-0.3, -0.25) is 0 Å². The molecule has 42 heavy (non-hydrogen) atoms. The Hall–Kier alpha value is -3.87. The first kappa shape index (κ1) is 29.6. The number of piperidine rings is 1. The third-order valence-electron chi connectivity index (χ3n) is 7.40. The first-order valence-corrected chi connectivity index (χ1v) is 15.6. The van der Waals surface area contributed by atoms with Crippen molar-refractivity contribution in [2.75, 3.05) is 42.1 Å². The molecule has 0 aliphatic carbocycles. The topological polar surface area (TPSA) is 133 Å². The van der Waals surface area contributed by atoms with Gasteiger partial charge in [0.1, 0.15) is 5.82 Å². The van der Waals surface area contributed by atoms with Crippen LogP contribution in [0.1, 0.15) is 31.2 Å². The summed E-state index contributed by atoms with van der Waals surface area (Å²) in [6.45, 7) is 3.29. The Kier molecular flexibility index (Phi) is 9.15. The van der Waals surface area contributed by atoms with Crippen molar-refractivity contribution >= 4 is 62.6 Å². The predicted octanol–water partition coefficient (Wildman–Crippen LogP) is 4.77. The van der Waals surface area contributed by atoms with Crippen LogP contribution in [0.15, 0.2) is 66.9 Å². The molecule has 2 amide bonds. The molecule has 0 bridgehead atoms. The fraction of sp³-hybridized carbons (Fsp3) is 0.345. The lowest BCUT2D eigenvalue weighted by Crippen LogP contribution is -2.38. The van der Waals surface area contributed by atoms with Gasteiger partial charge in [0.25, 0.3) is 0 Å². The van der Waals surface area contributed by atoms with Crippen molar-refractivity contribution in [2.45, 2.75) is 37.5 Å². The number of anilines is 4. The fourth-order valence-electron chi connectivity index (χ4n) is 5.33. The molecule has 0 unspecified atom stereocenters. The molecule has 4 heterocycles. The molecule has 0 spiro atoms. The predicted molar refractivity (Wildman–Crippen MR) is 168 cm³/mol. The SMILES string of the molecule is Cl.O=C(Nc1cccc(Nc2nc(N[C@@H]3CCCNC3)c3ccn(S(=O)(=O)Cc4ccccc4)c3n2)c1)N1CCCC1. The van der Waals surface area contributed by atoms with Crippen molar-refractivity contribution < 1.29 is 13.2 Å². The van der Waals surface area contributed by atoms with Crippen LogP contribution in [-0.2, 0) is 15.8 Å². The Morgan fingerprint density at radius 2 is 1.76 bits per heavy atom. The Balaban J connectivity index is 0.00000353. The largest absolute Gasteiger partial charge is 0.365 e. The number of fused-ring (bicyclic) bond motifs is 1. The molecule has 2 aromatic carbocycles. The van der Waals surface area contributed by atoms with Gasteiger partial charge < -0.3 is 26.2 Å². The van der Waals surface area contributed by atoms with E-state index in [-0.39, 0.29) is 36.2 Å². The number of amides is 2. The Morgan fingerprint density at radius 3 is 2.52 bits per heavy atom. The molecule has 2 aliphatic heterocycles. The van der Waals surface area contributed by atoms with E-state index in [1.54, 1.807) is 29.3 Å². The molecule has 2 saturated heterocycles. The second-order valence-electron chi connectivity index (χ2n) is 10.5. The molecule has 13 heteroatoms. The highest BCUT2D eigenvalue weighted by Gasteiger charge is 2.23. The highest BCUT2D eigenvalue weighted by Crippen LogP contribution is 2.28. The summed E-state index contributed by atoms with van der Waals surface area (Å²) < 4.78 is 28.3. The normalized spacial score (nSPS) is 17.0. The molecule has 222 valence electrons. The summed E-state index contributed by atoms with van der Waals surface area (Å²) >= 11 is 0. The number of hydrogen-bond donors (Lipinski definition) is 4. The standard InChI is InChI=1S/C29H34N8O3S.ClH/c38-29(36-15-4-5-16-36)33-23-11-6-10-22(18-23)32-28-34-26(31-24-12-7-14-30-19-24)25-13-17-37(27(25)35-28)41(39,40)20-21-8-2-1-3-9-21;/h1-3,6,8-11,13,17-18,24,30H,4-5,7,12,14-16,19-20H2,(H,33,38)(H2,31,32,34,35);1H/t24-;/m1./s1. The van der Waals surface area contributed by atoms with Gasteiger partial charge in [-0.1, -0.05) is 36.4 Å². The minimum atomic E-state index is -3.76. The molecule has 0 saturated carbocycles. The van der Waals surface area contributed by atoms with E-state index in [0.717, 1.165) is 51.9 Å². The quantitative estimate of drug-likeness (QED) is 0.224. The smallest absolute Gasteiger partial charge is 0.321 e. The Bertz CT molecular complexity index is 1640. The molecule has 2 aliphatic rings. The Morgan fingerprint density at radius 1 is 0.976 bits per heavy atom. The van der Waals surface area contributed by atoms with E-state index in [1.807, 2.05) is 42.5 Å². The second kappa shape index (κ2) is 13.0. The van der Waals surface area contributed by atoms with Gasteiger partial charge in [0, 0.05) is 43.2 Å². The minimum Gasteiger partial charge on any atom is -0.365 e. The van der Waals surface area contributed by atoms with Gasteiger partial charge in [-0.15, -0.1) is 12.4 Å². The van der Waals surface area contributed by atoms with E-state index in [2.05, 4.69) is 26.3 Å². The second-order valence-corrected chi connectivity index (χ2v) is 12.4. The summed E-state index contributed by atoms with van der Waals surface area (Å²) in [5, 5.41) is 13.7. The molecule has 2 fully saturated rings. The van der Waals surface area contributed by atoms with Gasteiger partial charge in [0.2, 0.25) is 16.0 Å². The number of nitrogens with zero attached hydrogens (tertiary/aromatic N) is 4. The summed E-state index contributed by atoms with van der Waals surface area (Å²) in [5.41, 5.74) is 2.30. The summed E-state index contributed by atoms with van der Waals surface area (Å²) in [6, 6.07) is 18.2. The number of nitrogens with one attached hydrogen (secondary N) is 4. The average molecular weight is 611 g/mol. The number of rotatable bonds is 8. The van der Waals surface area contributed by atoms with Crippen molar-refractivity contribution in [3.8, 4) is 0 Å². The monoisotopic (exact) mass is 610 g/mol. The fourth-order valence-corrected chi connectivity index (χ4v) is 6.73. The molecule has 11 nitrogen and oxygen atoms in total. The summed E-state index contributed by atoms with van der Waals surface area (Å²) in [5.74, 6) is 0.665. The van der Waals surface area contributed by atoms with Gasteiger partial charge in [-0.25, -0.2) is 17.2 Å². The van der Waals surface area contributed by atoms with Crippen LogP contribution in [0, 0.1) is 0 Å². The van der Waals surface area contributed by atoms with E-state index in [0.29, 0.717) is 33.8 Å². The number of likely N-dealkylation sites (tertiary alicyclic amines) is 1. The van der Waals surface area contributed by atoms with E-state index >= 15 is 0 Å². The number of carbonyl (C=O) groups is 1. The zero-order valence-corrected chi connectivity index (χ0v) is 24.8. The van der Waals surface area contributed by atoms with Crippen molar-refractivity contribution in [1.82, 2.24) is 24.2 Å². The van der Waals surface area contributed by atoms with Gasteiger partial charge in [0.15, 0.2) is 5.65 Å². The molecule has 4 N–H and O–H groups in total. The van der Waals surface area contributed by atoms with Crippen LogP contribution < -0.4 is 21.3 Å². The molecule has 4 aromatic rings. The average Bonchev–Trinajstić information content (AvgIpc) is 3.66. The maximum Gasteiger partial charge on any atom is 0.321 e. The van der Waals surface area contributed by atoms with Crippen molar-refractivity contribution in [3.63, 3.8) is 0 Å². The first-order chi connectivity index (χ1) is 19.9. The van der Waals surface area contributed by atoms with Crippen LogP contribution in [0.3, 0.4) is 0 Å². The van der Waals surface area contributed by atoms with Crippen LogP contribution in [-0.4, -0.2) is 65.5 Å². The lowest BCUT2D eigenvalue weighted by molar-refractivity contribution is 0.222. The summed E-state index contributed by atoms with van der Waals surface area (Å²) in [7, 11) is -3.76. The molecular formula is C29H35ClN8O3S. The van der Waals surface area contributed by atoms with Crippen molar-refractivity contribution in [1.29, 1.82) is 0 Å². The van der Waals surface area contributed by atoms with E-state index in [9.17, 15) is 13.2 Å². The van der Waals surface area contributed by atoms with E-state index in [1.165, 1.54) is 3.97 Å². The van der Waals surface area contributed by atoms with Crippen molar-refractivity contribution in [3.05, 3.63) is 72.4 Å².